The van der Waals surface area contributed by atoms with Crippen LogP contribution in [-0.4, -0.2) is 23.0 Å². The van der Waals surface area contributed by atoms with Crippen LogP contribution in [0.5, 0.6) is 0 Å². The quantitative estimate of drug-likeness (QED) is 0.754. The summed E-state index contributed by atoms with van der Waals surface area (Å²) in [6.07, 6.45) is 3.42. The van der Waals surface area contributed by atoms with Crippen molar-refractivity contribution in [2.45, 2.75) is 0 Å². The summed E-state index contributed by atoms with van der Waals surface area (Å²) in [4.78, 5) is 15.8. The molecule has 0 unspecified atom stereocenters. The van der Waals surface area contributed by atoms with E-state index in [4.69, 9.17) is 5.11 Å². The number of allylic oxidation sites excluding steroid dienone is 1. The molecule has 0 saturated heterocycles. The van der Waals surface area contributed by atoms with Gasteiger partial charge >= 0.3 is 5.97 Å². The molecule has 0 aromatic heterocycles. The Labute approximate surface area is 133 Å². The van der Waals surface area contributed by atoms with Gasteiger partial charge in [-0.2, -0.15) is 0 Å². The maximum absolute atomic E-state index is 10.7. The summed E-state index contributed by atoms with van der Waals surface area (Å²) < 4.78 is 0. The average molecular weight is 312 g/mol. The third kappa shape index (κ3) is 5.85. The van der Waals surface area contributed by atoms with E-state index in [0.29, 0.717) is 0 Å². The molecule has 2 aromatic carbocycles. The van der Waals surface area contributed by atoms with Crippen molar-refractivity contribution in [1.29, 1.82) is 0 Å². The first-order chi connectivity index (χ1) is 10.7. The van der Waals surface area contributed by atoms with Crippen molar-refractivity contribution in [2.75, 3.05) is 11.1 Å². The lowest BCUT2D eigenvalue weighted by Gasteiger charge is -2.03. The number of nitrogens with one attached hydrogen (secondary N) is 1. The molecule has 0 heterocycles. The first-order valence-electron chi connectivity index (χ1n) is 6.69. The van der Waals surface area contributed by atoms with E-state index in [-0.39, 0.29) is 5.75 Å². The zero-order valence-electron chi connectivity index (χ0n) is 11.8. The van der Waals surface area contributed by atoms with Gasteiger partial charge in [0, 0.05) is 23.0 Å². The number of carbonyl (C=O) groups is 1. The normalized spacial score (nSPS) is 11.5. The number of anilines is 1. The molecule has 0 aliphatic carbocycles. The Bertz CT molecular complexity index is 655. The number of para-hydroxylation sites is 2. The zero-order chi connectivity index (χ0) is 15.6. The number of rotatable bonds is 7. The highest BCUT2D eigenvalue weighted by Gasteiger charge is 2.01. The third-order valence-electron chi connectivity index (χ3n) is 2.61. The summed E-state index contributed by atoms with van der Waals surface area (Å²) in [5.41, 5.74) is 1.76. The second kappa shape index (κ2) is 8.69. The first-order valence-corrected chi connectivity index (χ1v) is 7.68. The molecule has 2 aromatic rings. The van der Waals surface area contributed by atoms with E-state index in [2.05, 4.69) is 10.3 Å². The maximum Gasteiger partial charge on any atom is 0.313 e. The van der Waals surface area contributed by atoms with Crippen molar-refractivity contribution in [3.8, 4) is 0 Å². The summed E-state index contributed by atoms with van der Waals surface area (Å²) in [5, 5.41) is 12.0. The molecule has 22 heavy (non-hydrogen) atoms. The smallest absolute Gasteiger partial charge is 0.313 e. The summed E-state index contributed by atoms with van der Waals surface area (Å²) >= 11 is 1.22. The molecule has 0 aliphatic rings. The van der Waals surface area contributed by atoms with Gasteiger partial charge in [-0.25, -0.2) is 0 Å². The fourth-order valence-electron chi connectivity index (χ4n) is 1.60. The number of thioether (sulfide) groups is 1. The molecule has 2 rings (SSSR count). The van der Waals surface area contributed by atoms with E-state index in [1.54, 1.807) is 12.4 Å². The van der Waals surface area contributed by atoms with Gasteiger partial charge in [0.15, 0.2) is 0 Å². The van der Waals surface area contributed by atoms with Gasteiger partial charge in [-0.15, -0.1) is 11.8 Å². The lowest BCUT2D eigenvalue weighted by molar-refractivity contribution is -0.133. The fraction of sp³-hybridized carbons (Fsp3) is 0.0588. The molecule has 0 aliphatic heterocycles. The zero-order valence-corrected chi connectivity index (χ0v) is 12.7. The average Bonchev–Trinajstić information content (AvgIpc) is 2.56. The van der Waals surface area contributed by atoms with Crippen LogP contribution in [0.2, 0.25) is 0 Å². The Morgan fingerprint density at radius 3 is 2.36 bits per heavy atom. The minimum atomic E-state index is -0.858. The van der Waals surface area contributed by atoms with Crippen LogP contribution in [0.15, 0.2) is 76.8 Å². The van der Waals surface area contributed by atoms with E-state index < -0.39 is 5.97 Å². The first kappa shape index (κ1) is 15.9. The number of hydrogen-bond acceptors (Lipinski definition) is 4. The van der Waals surface area contributed by atoms with E-state index in [1.165, 1.54) is 11.8 Å². The van der Waals surface area contributed by atoms with Crippen LogP contribution in [0.1, 0.15) is 0 Å². The highest BCUT2D eigenvalue weighted by Crippen LogP contribution is 2.17. The molecule has 0 amide bonds. The summed E-state index contributed by atoms with van der Waals surface area (Å²) in [7, 11) is 0. The largest absolute Gasteiger partial charge is 0.481 e. The van der Waals surface area contributed by atoms with Crippen LogP contribution in [0, 0.1) is 0 Å². The van der Waals surface area contributed by atoms with Crippen molar-refractivity contribution < 1.29 is 9.90 Å². The van der Waals surface area contributed by atoms with Crippen LogP contribution in [-0.2, 0) is 4.79 Å². The van der Waals surface area contributed by atoms with E-state index in [0.717, 1.165) is 16.3 Å². The standard InChI is InChI=1S/C17H16N2O2S/c20-17(21)13-22-16(11-18-14-7-3-1-4-8-14)12-19-15-9-5-2-6-10-15/h1-12,18H,13H2,(H,20,21). The fourth-order valence-corrected chi connectivity index (χ4v) is 2.16. The molecule has 0 fully saturated rings. The molecule has 5 heteroatoms. The van der Waals surface area contributed by atoms with E-state index in [9.17, 15) is 4.79 Å². The van der Waals surface area contributed by atoms with E-state index in [1.807, 2.05) is 60.7 Å². The lowest BCUT2D eigenvalue weighted by Crippen LogP contribution is -1.99. The van der Waals surface area contributed by atoms with Crippen LogP contribution >= 0.6 is 11.8 Å². The molecular formula is C17H16N2O2S. The molecule has 0 radical (unpaired) electrons. The number of nitrogens with zero attached hydrogens (tertiary/aromatic N) is 1. The third-order valence-corrected chi connectivity index (χ3v) is 3.56. The summed E-state index contributed by atoms with van der Waals surface area (Å²) in [6.45, 7) is 0. The summed E-state index contributed by atoms with van der Waals surface area (Å²) in [5.74, 6) is -0.868. The van der Waals surface area contributed by atoms with Gasteiger partial charge in [-0.3, -0.25) is 9.79 Å². The number of aliphatic carboxylic acids is 1. The molecule has 2 N–H and O–H groups in total. The van der Waals surface area contributed by atoms with Gasteiger partial charge in [-0.1, -0.05) is 36.4 Å². The van der Waals surface area contributed by atoms with Crippen LogP contribution in [0.4, 0.5) is 11.4 Å². The Hall–Kier alpha value is -2.53. The van der Waals surface area contributed by atoms with Crippen LogP contribution in [0.3, 0.4) is 0 Å². The number of aliphatic imine (C=N–C) groups is 1. The van der Waals surface area contributed by atoms with Gasteiger partial charge in [0.2, 0.25) is 0 Å². The van der Waals surface area contributed by atoms with E-state index >= 15 is 0 Å². The van der Waals surface area contributed by atoms with Gasteiger partial charge in [0.25, 0.3) is 0 Å². The van der Waals surface area contributed by atoms with Gasteiger partial charge in [0.05, 0.1) is 11.4 Å². The Morgan fingerprint density at radius 1 is 1.09 bits per heavy atom. The molecular weight excluding hydrogens is 296 g/mol. The molecule has 4 nitrogen and oxygen atoms in total. The number of carboxylic acid groups (broad SMARTS) is 1. The van der Waals surface area contributed by atoms with Crippen LogP contribution in [0.25, 0.3) is 0 Å². The predicted octanol–water partition coefficient (Wildman–Crippen LogP) is 4.16. The lowest BCUT2D eigenvalue weighted by atomic mass is 10.3. The minimum Gasteiger partial charge on any atom is -0.481 e. The SMILES string of the molecule is O=C(O)CSC(C=Nc1ccccc1)=CNc1ccccc1. The second-order valence-corrected chi connectivity index (χ2v) is 5.38. The highest BCUT2D eigenvalue weighted by atomic mass is 32.2. The number of benzene rings is 2. The Morgan fingerprint density at radius 2 is 1.73 bits per heavy atom. The highest BCUT2D eigenvalue weighted by molar-refractivity contribution is 8.04. The van der Waals surface area contributed by atoms with Crippen LogP contribution < -0.4 is 5.32 Å². The van der Waals surface area contributed by atoms with Crippen molar-refractivity contribution in [2.24, 2.45) is 4.99 Å². The maximum atomic E-state index is 10.7. The monoisotopic (exact) mass is 312 g/mol. The van der Waals surface area contributed by atoms with Crippen molar-refractivity contribution in [3.05, 3.63) is 71.8 Å². The molecule has 112 valence electrons. The van der Waals surface area contributed by atoms with Gasteiger partial charge < -0.3 is 10.4 Å². The molecule has 0 atom stereocenters. The molecule has 0 spiro atoms. The summed E-state index contributed by atoms with van der Waals surface area (Å²) in [6, 6.07) is 19.2. The Balaban J connectivity index is 2.08. The Kier molecular flexibility index (Phi) is 6.26. The van der Waals surface area contributed by atoms with Gasteiger partial charge in [-0.05, 0) is 24.3 Å². The predicted molar refractivity (Wildman–Crippen MR) is 92.8 cm³/mol. The molecule has 0 saturated carbocycles. The number of hydrogen-bond donors (Lipinski definition) is 2. The molecule has 0 bridgehead atoms. The number of carboxylic acids is 1. The van der Waals surface area contributed by atoms with Crippen molar-refractivity contribution in [3.63, 3.8) is 0 Å². The topological polar surface area (TPSA) is 61.7 Å². The van der Waals surface area contributed by atoms with Gasteiger partial charge in [0.1, 0.15) is 0 Å². The minimum absolute atomic E-state index is 0.0108. The van der Waals surface area contributed by atoms with Crippen molar-refractivity contribution >= 4 is 35.3 Å². The van der Waals surface area contributed by atoms with Crippen molar-refractivity contribution in [1.82, 2.24) is 0 Å². The second-order valence-electron chi connectivity index (χ2n) is 4.33.